The summed E-state index contributed by atoms with van der Waals surface area (Å²) in [6.07, 6.45) is 0. The number of halogens is 3. The van der Waals surface area contributed by atoms with Crippen LogP contribution in [0.15, 0.2) is 12.1 Å². The molecule has 17 heavy (non-hydrogen) atoms. The Morgan fingerprint density at radius 2 is 1.76 bits per heavy atom. The number of rotatable bonds is 4. The summed E-state index contributed by atoms with van der Waals surface area (Å²) in [5, 5.41) is 4.83. The fraction of sp³-hybridized carbons (Fsp3) is 0.364. The van der Waals surface area contributed by atoms with Crippen LogP contribution in [0.1, 0.15) is 13.8 Å². The fourth-order valence-electron chi connectivity index (χ4n) is 1.14. The molecule has 6 heteroatoms. The molecule has 0 saturated heterocycles. The Balaban J connectivity index is 2.72. The number of hydrogen-bond acceptors (Lipinski definition) is 2. The highest BCUT2D eigenvalue weighted by molar-refractivity contribution is 5.92. The highest BCUT2D eigenvalue weighted by Gasteiger charge is 2.14. The molecule has 0 aliphatic rings. The summed E-state index contributed by atoms with van der Waals surface area (Å²) in [6, 6.07) is 1.09. The van der Waals surface area contributed by atoms with Crippen molar-refractivity contribution in [2.45, 2.75) is 19.9 Å². The minimum Gasteiger partial charge on any atom is -0.320 e. The summed E-state index contributed by atoms with van der Waals surface area (Å²) < 4.78 is 38.9. The molecule has 2 N–H and O–H groups in total. The Bertz CT molecular complexity index is 398. The molecular weight excluding hydrogens is 233 g/mol. The van der Waals surface area contributed by atoms with Crippen LogP contribution in [0.25, 0.3) is 0 Å². The number of carbonyl (C=O) groups excluding carboxylic acids is 1. The third-order valence-electron chi connectivity index (χ3n) is 1.94. The highest BCUT2D eigenvalue weighted by Crippen LogP contribution is 2.19. The lowest BCUT2D eigenvalue weighted by Crippen LogP contribution is -2.33. The van der Waals surface area contributed by atoms with Gasteiger partial charge in [0.2, 0.25) is 5.91 Å². The van der Waals surface area contributed by atoms with E-state index < -0.39 is 29.0 Å². The minimum absolute atomic E-state index is 0.0728. The van der Waals surface area contributed by atoms with Crippen molar-refractivity contribution >= 4 is 11.6 Å². The van der Waals surface area contributed by atoms with Crippen molar-refractivity contribution in [3.05, 3.63) is 29.6 Å². The smallest absolute Gasteiger partial charge is 0.238 e. The molecule has 0 heterocycles. The minimum atomic E-state index is -1.14. The van der Waals surface area contributed by atoms with Crippen molar-refractivity contribution in [3.63, 3.8) is 0 Å². The SMILES string of the molecule is CC(C)NCC(=O)Nc1c(F)cc(F)cc1F. The van der Waals surface area contributed by atoms with Crippen molar-refractivity contribution in [2.24, 2.45) is 0 Å². The van der Waals surface area contributed by atoms with Crippen molar-refractivity contribution in [1.82, 2.24) is 5.32 Å². The molecule has 1 amide bonds. The van der Waals surface area contributed by atoms with Gasteiger partial charge in [0.15, 0.2) is 11.6 Å². The van der Waals surface area contributed by atoms with E-state index in [1.54, 1.807) is 0 Å². The molecule has 0 unspecified atom stereocenters. The first-order valence-corrected chi connectivity index (χ1v) is 5.08. The first-order chi connectivity index (χ1) is 7.90. The molecule has 1 aromatic rings. The molecule has 1 rings (SSSR count). The zero-order valence-electron chi connectivity index (χ0n) is 9.48. The number of nitrogens with one attached hydrogen (secondary N) is 2. The second-order valence-electron chi connectivity index (χ2n) is 3.83. The largest absolute Gasteiger partial charge is 0.320 e. The summed E-state index contributed by atoms with van der Waals surface area (Å²) in [7, 11) is 0. The van der Waals surface area contributed by atoms with E-state index in [1.807, 2.05) is 19.2 Å². The summed E-state index contributed by atoms with van der Waals surface area (Å²) in [5.74, 6) is -3.90. The summed E-state index contributed by atoms with van der Waals surface area (Å²) in [6.45, 7) is 3.58. The maximum atomic E-state index is 13.2. The monoisotopic (exact) mass is 246 g/mol. The molecule has 0 saturated carbocycles. The van der Waals surface area contributed by atoms with Gasteiger partial charge < -0.3 is 10.6 Å². The van der Waals surface area contributed by atoms with Gasteiger partial charge in [0.1, 0.15) is 11.5 Å². The lowest BCUT2D eigenvalue weighted by atomic mass is 10.2. The van der Waals surface area contributed by atoms with Crippen molar-refractivity contribution in [2.75, 3.05) is 11.9 Å². The Morgan fingerprint density at radius 1 is 1.24 bits per heavy atom. The van der Waals surface area contributed by atoms with E-state index in [9.17, 15) is 18.0 Å². The van der Waals surface area contributed by atoms with Crippen LogP contribution in [-0.2, 0) is 4.79 Å². The average Bonchev–Trinajstić information content (AvgIpc) is 2.20. The maximum Gasteiger partial charge on any atom is 0.238 e. The molecule has 0 radical (unpaired) electrons. The second kappa shape index (κ2) is 5.67. The van der Waals surface area contributed by atoms with E-state index in [4.69, 9.17) is 0 Å². The Hall–Kier alpha value is -1.56. The Morgan fingerprint density at radius 3 is 2.24 bits per heavy atom. The molecule has 0 aliphatic heterocycles. The molecule has 0 fully saturated rings. The van der Waals surface area contributed by atoms with E-state index in [0.29, 0.717) is 12.1 Å². The lowest BCUT2D eigenvalue weighted by Gasteiger charge is -2.10. The first kappa shape index (κ1) is 13.5. The van der Waals surface area contributed by atoms with Crippen molar-refractivity contribution in [1.29, 1.82) is 0 Å². The highest BCUT2D eigenvalue weighted by atomic mass is 19.1. The van der Waals surface area contributed by atoms with Crippen molar-refractivity contribution in [3.8, 4) is 0 Å². The van der Waals surface area contributed by atoms with Crippen LogP contribution >= 0.6 is 0 Å². The maximum absolute atomic E-state index is 13.2. The van der Waals surface area contributed by atoms with Crippen LogP contribution in [0, 0.1) is 17.5 Å². The van der Waals surface area contributed by atoms with Gasteiger partial charge in [-0.25, -0.2) is 13.2 Å². The number of benzene rings is 1. The van der Waals surface area contributed by atoms with E-state index in [2.05, 4.69) is 5.32 Å². The fourth-order valence-corrected chi connectivity index (χ4v) is 1.14. The van der Waals surface area contributed by atoms with Crippen LogP contribution in [0.4, 0.5) is 18.9 Å². The molecule has 0 aromatic heterocycles. The van der Waals surface area contributed by atoms with E-state index in [0.717, 1.165) is 0 Å². The Kier molecular flexibility index (Phi) is 4.51. The number of amides is 1. The van der Waals surface area contributed by atoms with Gasteiger partial charge in [-0.2, -0.15) is 0 Å². The van der Waals surface area contributed by atoms with Gasteiger partial charge in [0.05, 0.1) is 6.54 Å². The van der Waals surface area contributed by atoms with Gasteiger partial charge in [-0.15, -0.1) is 0 Å². The van der Waals surface area contributed by atoms with Crippen LogP contribution < -0.4 is 10.6 Å². The third kappa shape index (κ3) is 4.07. The zero-order valence-corrected chi connectivity index (χ0v) is 9.48. The molecule has 0 atom stereocenters. The number of anilines is 1. The summed E-state index contributed by atoms with van der Waals surface area (Å²) >= 11 is 0. The van der Waals surface area contributed by atoms with Crippen molar-refractivity contribution < 1.29 is 18.0 Å². The molecule has 0 aliphatic carbocycles. The zero-order chi connectivity index (χ0) is 13.0. The molecule has 3 nitrogen and oxygen atoms in total. The topological polar surface area (TPSA) is 41.1 Å². The standard InChI is InChI=1S/C11H13F3N2O/c1-6(2)15-5-10(17)16-11-8(13)3-7(12)4-9(11)14/h3-4,6,15H,5H2,1-2H3,(H,16,17). The van der Waals surface area contributed by atoms with Crippen LogP contribution in [-0.4, -0.2) is 18.5 Å². The predicted octanol–water partition coefficient (Wildman–Crippen LogP) is 2.04. The van der Waals surface area contributed by atoms with Gasteiger partial charge in [0.25, 0.3) is 0 Å². The molecule has 94 valence electrons. The predicted molar refractivity (Wildman–Crippen MR) is 58.1 cm³/mol. The lowest BCUT2D eigenvalue weighted by molar-refractivity contribution is -0.115. The van der Waals surface area contributed by atoms with Gasteiger partial charge in [-0.05, 0) is 0 Å². The van der Waals surface area contributed by atoms with Crippen LogP contribution in [0.3, 0.4) is 0 Å². The molecule has 1 aromatic carbocycles. The van der Waals surface area contributed by atoms with Gasteiger partial charge >= 0.3 is 0 Å². The normalized spacial score (nSPS) is 10.7. The number of hydrogen-bond donors (Lipinski definition) is 2. The van der Waals surface area contributed by atoms with Gasteiger partial charge in [-0.3, -0.25) is 4.79 Å². The van der Waals surface area contributed by atoms with Gasteiger partial charge in [0, 0.05) is 18.2 Å². The van der Waals surface area contributed by atoms with Crippen LogP contribution in [0.5, 0.6) is 0 Å². The number of carbonyl (C=O) groups is 1. The van der Waals surface area contributed by atoms with E-state index in [1.165, 1.54) is 0 Å². The summed E-state index contributed by atoms with van der Waals surface area (Å²) in [4.78, 5) is 11.3. The van der Waals surface area contributed by atoms with E-state index in [-0.39, 0.29) is 12.6 Å². The summed E-state index contributed by atoms with van der Waals surface area (Å²) in [5.41, 5.74) is -0.637. The molecule has 0 spiro atoms. The first-order valence-electron chi connectivity index (χ1n) is 5.08. The second-order valence-corrected chi connectivity index (χ2v) is 3.83. The molecule has 0 bridgehead atoms. The van der Waals surface area contributed by atoms with E-state index >= 15 is 0 Å². The average molecular weight is 246 g/mol. The van der Waals surface area contributed by atoms with Crippen LogP contribution in [0.2, 0.25) is 0 Å². The third-order valence-corrected chi connectivity index (χ3v) is 1.94. The molecular formula is C11H13F3N2O. The quantitative estimate of drug-likeness (QED) is 0.853. The Labute approximate surface area is 97.0 Å². The van der Waals surface area contributed by atoms with Gasteiger partial charge in [-0.1, -0.05) is 13.8 Å².